The number of thiocarbonyl (C=S) groups is 1. The fourth-order valence-electron chi connectivity index (χ4n) is 4.07. The van der Waals surface area contributed by atoms with Crippen LogP contribution in [0.2, 0.25) is 0 Å². The second-order valence-electron chi connectivity index (χ2n) is 8.19. The minimum absolute atomic E-state index is 0.0375. The highest BCUT2D eigenvalue weighted by molar-refractivity contribution is 7.80. The highest BCUT2D eigenvalue weighted by Gasteiger charge is 2.38. The van der Waals surface area contributed by atoms with Gasteiger partial charge in [0.25, 0.3) is 5.56 Å². The molecule has 1 saturated heterocycles. The Labute approximate surface area is 190 Å². The van der Waals surface area contributed by atoms with Crippen LogP contribution < -0.4 is 16.2 Å². The van der Waals surface area contributed by atoms with Crippen LogP contribution >= 0.6 is 47.0 Å². The molecule has 2 aliphatic rings. The van der Waals surface area contributed by atoms with E-state index in [9.17, 15) is 9.59 Å². The van der Waals surface area contributed by atoms with Crippen molar-refractivity contribution in [2.24, 2.45) is 11.8 Å². The fraction of sp³-hybridized carbons (Fsp3) is 0.632. The molecule has 3 atom stereocenters. The molecular formula is C19H25Cl3N4O2S. The van der Waals surface area contributed by atoms with Crippen molar-refractivity contribution < 1.29 is 4.79 Å². The number of amides is 1. The van der Waals surface area contributed by atoms with Gasteiger partial charge in [-0.05, 0) is 36.5 Å². The molecule has 1 aromatic heterocycles. The summed E-state index contributed by atoms with van der Waals surface area (Å²) in [6.07, 6.45) is 0.398. The summed E-state index contributed by atoms with van der Waals surface area (Å²) in [5.41, 5.74) is 1.07. The Balaban J connectivity index is 1.70. The Hall–Kier alpha value is -1.02. The summed E-state index contributed by atoms with van der Waals surface area (Å²) in [5.74, 6) is 0.485. The Morgan fingerprint density at radius 1 is 1.24 bits per heavy atom. The number of carbonyl (C=O) groups is 1. The van der Waals surface area contributed by atoms with Crippen LogP contribution in [-0.4, -0.2) is 43.5 Å². The summed E-state index contributed by atoms with van der Waals surface area (Å²) >= 11 is 23.8. The standard InChI is InChI=1S/C19H25Cl3N4O2S/c1-11(2)6-15(27)23-17(19(20,21)22)24-18(29)25-8-12-7-13(10-25)14-4-3-5-16(28)26(14)9-12/h3-5,11-13,17H,6-10H2,1-2H3,(H,23,27)(H,24,29). The fourth-order valence-corrected chi connectivity index (χ4v) is 4.66. The van der Waals surface area contributed by atoms with Gasteiger partial charge in [-0.15, -0.1) is 0 Å². The smallest absolute Gasteiger partial charge is 0.250 e. The SMILES string of the molecule is CC(C)CC(=O)NC(NC(=S)N1CC2CC(C1)c1cccc(=O)n1C2)C(Cl)(Cl)Cl. The van der Waals surface area contributed by atoms with Crippen molar-refractivity contribution in [1.29, 1.82) is 0 Å². The van der Waals surface area contributed by atoms with E-state index in [0.29, 0.717) is 37.1 Å². The molecule has 0 aromatic carbocycles. The minimum atomic E-state index is -1.76. The summed E-state index contributed by atoms with van der Waals surface area (Å²) < 4.78 is 0.102. The first-order chi connectivity index (χ1) is 13.5. The van der Waals surface area contributed by atoms with Crippen molar-refractivity contribution in [3.63, 3.8) is 0 Å². The summed E-state index contributed by atoms with van der Waals surface area (Å²) in [5, 5.41) is 6.17. The molecule has 160 valence electrons. The summed E-state index contributed by atoms with van der Waals surface area (Å²) in [7, 11) is 0. The number of hydrogen-bond donors (Lipinski definition) is 2. The van der Waals surface area contributed by atoms with Gasteiger partial charge in [-0.2, -0.15) is 0 Å². The first kappa shape index (κ1) is 22.7. The zero-order valence-corrected chi connectivity index (χ0v) is 19.4. The number of likely N-dealkylation sites (tertiary alicyclic amines) is 1. The van der Waals surface area contributed by atoms with Gasteiger partial charge in [0.1, 0.15) is 6.17 Å². The number of aromatic nitrogens is 1. The number of rotatable bonds is 4. The maximum absolute atomic E-state index is 12.2. The average molecular weight is 480 g/mol. The molecule has 0 radical (unpaired) electrons. The van der Waals surface area contributed by atoms with Gasteiger partial charge in [0, 0.05) is 43.7 Å². The first-order valence-electron chi connectivity index (χ1n) is 9.66. The summed E-state index contributed by atoms with van der Waals surface area (Å²) in [6, 6.07) is 5.39. The number of pyridine rings is 1. The maximum Gasteiger partial charge on any atom is 0.250 e. The molecule has 0 spiro atoms. The Morgan fingerprint density at radius 3 is 2.62 bits per heavy atom. The number of hydrogen-bond acceptors (Lipinski definition) is 3. The highest BCUT2D eigenvalue weighted by atomic mass is 35.6. The van der Waals surface area contributed by atoms with Gasteiger partial charge >= 0.3 is 0 Å². The van der Waals surface area contributed by atoms with E-state index in [4.69, 9.17) is 47.0 Å². The van der Waals surface area contributed by atoms with E-state index >= 15 is 0 Å². The van der Waals surface area contributed by atoms with Crippen LogP contribution in [0.5, 0.6) is 0 Å². The molecule has 2 N–H and O–H groups in total. The van der Waals surface area contributed by atoms with E-state index in [1.165, 1.54) is 0 Å². The third kappa shape index (κ3) is 5.57. The molecule has 1 fully saturated rings. The van der Waals surface area contributed by atoms with Crippen LogP contribution in [0.1, 0.15) is 38.3 Å². The zero-order chi connectivity index (χ0) is 21.3. The normalized spacial score (nSPS) is 22.1. The predicted molar refractivity (Wildman–Crippen MR) is 121 cm³/mol. The Bertz CT molecular complexity index is 839. The van der Waals surface area contributed by atoms with E-state index in [-0.39, 0.29) is 23.3 Å². The average Bonchev–Trinajstić information content (AvgIpc) is 2.60. The molecule has 3 heterocycles. The molecule has 1 aromatic rings. The van der Waals surface area contributed by atoms with Gasteiger partial charge in [-0.1, -0.05) is 54.7 Å². The lowest BCUT2D eigenvalue weighted by Gasteiger charge is -2.44. The van der Waals surface area contributed by atoms with E-state index < -0.39 is 9.96 Å². The monoisotopic (exact) mass is 478 g/mol. The Morgan fingerprint density at radius 2 is 1.97 bits per heavy atom. The second-order valence-corrected chi connectivity index (χ2v) is 10.9. The van der Waals surface area contributed by atoms with Crippen molar-refractivity contribution in [3.05, 3.63) is 34.2 Å². The van der Waals surface area contributed by atoms with Crippen LogP contribution in [0.4, 0.5) is 0 Å². The van der Waals surface area contributed by atoms with Crippen LogP contribution in [0, 0.1) is 11.8 Å². The molecule has 2 aliphatic heterocycles. The zero-order valence-electron chi connectivity index (χ0n) is 16.3. The first-order valence-corrected chi connectivity index (χ1v) is 11.2. The molecule has 29 heavy (non-hydrogen) atoms. The third-order valence-corrected chi connectivity index (χ3v) is 6.29. The van der Waals surface area contributed by atoms with E-state index in [1.807, 2.05) is 29.4 Å². The number of carbonyl (C=O) groups excluding carboxylic acids is 1. The van der Waals surface area contributed by atoms with Gasteiger partial charge in [-0.3, -0.25) is 9.59 Å². The lowest BCUT2D eigenvalue weighted by molar-refractivity contribution is -0.122. The second kappa shape index (κ2) is 9.00. The molecule has 6 nitrogen and oxygen atoms in total. The van der Waals surface area contributed by atoms with E-state index in [2.05, 4.69) is 10.6 Å². The molecule has 0 saturated carbocycles. The molecule has 3 rings (SSSR count). The lowest BCUT2D eigenvalue weighted by atomic mass is 9.83. The van der Waals surface area contributed by atoms with Crippen molar-refractivity contribution >= 4 is 58.0 Å². The number of alkyl halides is 3. The largest absolute Gasteiger partial charge is 0.348 e. The quantitative estimate of drug-likeness (QED) is 0.395. The van der Waals surface area contributed by atoms with Gasteiger partial charge in [0.15, 0.2) is 5.11 Å². The van der Waals surface area contributed by atoms with Crippen molar-refractivity contribution in [2.75, 3.05) is 13.1 Å². The number of fused-ring (bicyclic) bond motifs is 4. The van der Waals surface area contributed by atoms with Gasteiger partial charge in [0.2, 0.25) is 9.70 Å². The summed E-state index contributed by atoms with van der Waals surface area (Å²) in [6.45, 7) is 5.92. The molecule has 2 bridgehead atoms. The number of piperidine rings is 1. The minimum Gasteiger partial charge on any atom is -0.348 e. The molecule has 0 aliphatic carbocycles. The molecule has 10 heteroatoms. The van der Waals surface area contributed by atoms with E-state index in [0.717, 1.165) is 12.1 Å². The number of nitrogens with one attached hydrogen (secondary N) is 2. The number of halogens is 3. The molecule has 1 amide bonds. The predicted octanol–water partition coefficient (Wildman–Crippen LogP) is 3.00. The summed E-state index contributed by atoms with van der Waals surface area (Å²) in [4.78, 5) is 26.4. The van der Waals surface area contributed by atoms with Gasteiger partial charge < -0.3 is 20.1 Å². The van der Waals surface area contributed by atoms with Crippen LogP contribution in [0.25, 0.3) is 0 Å². The van der Waals surface area contributed by atoms with Gasteiger partial charge in [-0.25, -0.2) is 0 Å². The van der Waals surface area contributed by atoms with Crippen molar-refractivity contribution in [2.45, 2.75) is 49.1 Å². The lowest BCUT2D eigenvalue weighted by Crippen LogP contribution is -2.60. The van der Waals surface area contributed by atoms with E-state index in [1.54, 1.807) is 12.1 Å². The third-order valence-electron chi connectivity index (χ3n) is 5.26. The van der Waals surface area contributed by atoms with Gasteiger partial charge in [0.05, 0.1) is 0 Å². The maximum atomic E-state index is 12.2. The molecule has 3 unspecified atom stereocenters. The Kier molecular flexibility index (Phi) is 7.03. The topological polar surface area (TPSA) is 66.4 Å². The van der Waals surface area contributed by atoms with Crippen molar-refractivity contribution in [1.82, 2.24) is 20.1 Å². The van der Waals surface area contributed by atoms with Crippen LogP contribution in [-0.2, 0) is 11.3 Å². The molecular weight excluding hydrogens is 455 g/mol. The highest BCUT2D eigenvalue weighted by Crippen LogP contribution is 2.35. The van der Waals surface area contributed by atoms with Crippen LogP contribution in [0.15, 0.2) is 23.0 Å². The van der Waals surface area contributed by atoms with Crippen molar-refractivity contribution in [3.8, 4) is 0 Å². The van der Waals surface area contributed by atoms with Crippen LogP contribution in [0.3, 0.4) is 0 Å². The number of nitrogens with zero attached hydrogens (tertiary/aromatic N) is 2.